The monoisotopic (exact) mass is 443 g/mol. The van der Waals surface area contributed by atoms with Crippen molar-refractivity contribution in [2.24, 2.45) is 0 Å². The number of aromatic nitrogens is 1. The molecule has 2 aromatic carbocycles. The summed E-state index contributed by atoms with van der Waals surface area (Å²) in [5.74, 6) is -1.37. The molecule has 3 aromatic rings. The molecule has 0 atom stereocenters. The highest BCUT2D eigenvalue weighted by Crippen LogP contribution is 2.38. The van der Waals surface area contributed by atoms with E-state index in [2.05, 4.69) is 9.72 Å². The Morgan fingerprint density at radius 1 is 0.968 bits per heavy atom. The Balaban J connectivity index is 2.11. The molecule has 1 heterocycles. The number of H-pyrrole nitrogens is 1. The van der Waals surface area contributed by atoms with Crippen LogP contribution in [-0.4, -0.2) is 23.9 Å². The summed E-state index contributed by atoms with van der Waals surface area (Å²) in [7, 11) is 0. The molecular weight excluding hydrogens is 428 g/mol. The van der Waals surface area contributed by atoms with E-state index >= 15 is 0 Å². The lowest BCUT2D eigenvalue weighted by atomic mass is 10.1. The molecule has 164 valence electrons. The second-order valence-corrected chi connectivity index (χ2v) is 6.31. The van der Waals surface area contributed by atoms with E-state index in [9.17, 15) is 31.1 Å². The van der Waals surface area contributed by atoms with Gasteiger partial charge >= 0.3 is 18.5 Å². The maximum Gasteiger partial charge on any atom is 0.573 e. The Hall–Kier alpha value is -3.43. The number of hydrogen-bond donors (Lipinski definition) is 1. The number of hydrogen-bond acceptors (Lipinski definition) is 3. The van der Waals surface area contributed by atoms with Gasteiger partial charge in [-0.2, -0.15) is 13.2 Å². The molecule has 0 unspecified atom stereocenters. The molecule has 0 aliphatic carbocycles. The zero-order valence-corrected chi connectivity index (χ0v) is 15.9. The van der Waals surface area contributed by atoms with E-state index in [4.69, 9.17) is 4.74 Å². The van der Waals surface area contributed by atoms with Crippen LogP contribution in [0.3, 0.4) is 0 Å². The van der Waals surface area contributed by atoms with E-state index in [0.29, 0.717) is 5.56 Å². The Morgan fingerprint density at radius 2 is 1.61 bits per heavy atom. The van der Waals surface area contributed by atoms with E-state index in [-0.39, 0.29) is 29.1 Å². The number of halogens is 6. The fourth-order valence-electron chi connectivity index (χ4n) is 2.92. The first-order valence-electron chi connectivity index (χ1n) is 8.92. The number of carbonyl (C=O) groups excluding carboxylic acids is 1. The van der Waals surface area contributed by atoms with Crippen LogP contribution in [0.25, 0.3) is 22.5 Å². The standard InChI is InChI=1S/C21H15F6NO3/c1-2-30-19(29)15-11-16(12-7-9-13(10-8-12)20(22,23)24)28-18(15)14-5-3-4-6-17(14)31-21(25,26)27/h3-11,28H,2H2,1H3. The summed E-state index contributed by atoms with van der Waals surface area (Å²) in [4.78, 5) is 15.2. The number of esters is 1. The molecule has 0 amide bonds. The Labute approximate surface area is 172 Å². The van der Waals surface area contributed by atoms with Crippen molar-refractivity contribution in [1.29, 1.82) is 0 Å². The molecule has 0 bridgehead atoms. The molecule has 0 aliphatic rings. The lowest BCUT2D eigenvalue weighted by Gasteiger charge is -2.13. The first-order valence-corrected chi connectivity index (χ1v) is 8.92. The van der Waals surface area contributed by atoms with Crippen LogP contribution in [0.15, 0.2) is 54.6 Å². The highest BCUT2D eigenvalue weighted by Gasteiger charge is 2.33. The Kier molecular flexibility index (Phi) is 6.01. The summed E-state index contributed by atoms with van der Waals surface area (Å²) in [6, 6.07) is 10.6. The summed E-state index contributed by atoms with van der Waals surface area (Å²) >= 11 is 0. The van der Waals surface area contributed by atoms with Gasteiger partial charge in [-0.1, -0.05) is 24.3 Å². The summed E-state index contributed by atoms with van der Waals surface area (Å²) in [5, 5.41) is 0. The molecule has 0 radical (unpaired) electrons. The fraction of sp³-hybridized carbons (Fsp3) is 0.190. The minimum Gasteiger partial charge on any atom is -0.462 e. The molecule has 0 saturated heterocycles. The van der Waals surface area contributed by atoms with Crippen LogP contribution in [-0.2, 0) is 10.9 Å². The quantitative estimate of drug-likeness (QED) is 0.365. The SMILES string of the molecule is CCOC(=O)c1cc(-c2ccc(C(F)(F)F)cc2)[nH]c1-c1ccccc1OC(F)(F)F. The molecule has 0 fully saturated rings. The molecule has 10 heteroatoms. The summed E-state index contributed by atoms with van der Waals surface area (Å²) < 4.78 is 85.9. The average Bonchev–Trinajstić information content (AvgIpc) is 3.12. The van der Waals surface area contributed by atoms with Crippen molar-refractivity contribution in [3.63, 3.8) is 0 Å². The molecule has 3 rings (SSSR count). The van der Waals surface area contributed by atoms with Crippen molar-refractivity contribution in [3.8, 4) is 28.3 Å². The predicted molar refractivity (Wildman–Crippen MR) is 99.3 cm³/mol. The van der Waals surface area contributed by atoms with Gasteiger partial charge in [0.25, 0.3) is 0 Å². The third-order valence-electron chi connectivity index (χ3n) is 4.22. The van der Waals surface area contributed by atoms with E-state index < -0.39 is 29.8 Å². The zero-order valence-electron chi connectivity index (χ0n) is 15.9. The van der Waals surface area contributed by atoms with Gasteiger partial charge in [0.15, 0.2) is 0 Å². The van der Waals surface area contributed by atoms with E-state index in [1.165, 1.54) is 36.4 Å². The number of rotatable bonds is 5. The van der Waals surface area contributed by atoms with Gasteiger partial charge in [0.1, 0.15) is 5.75 Å². The van der Waals surface area contributed by atoms with Crippen LogP contribution in [0.1, 0.15) is 22.8 Å². The number of alkyl halides is 6. The number of benzene rings is 2. The van der Waals surface area contributed by atoms with Gasteiger partial charge in [-0.05, 0) is 42.8 Å². The number of aromatic amines is 1. The summed E-state index contributed by atoms with van der Waals surface area (Å²) in [6.07, 6.45) is -9.49. The van der Waals surface area contributed by atoms with Gasteiger partial charge < -0.3 is 14.5 Å². The highest BCUT2D eigenvalue weighted by molar-refractivity contribution is 5.99. The third-order valence-corrected chi connectivity index (χ3v) is 4.22. The van der Waals surface area contributed by atoms with Crippen molar-refractivity contribution in [2.45, 2.75) is 19.5 Å². The van der Waals surface area contributed by atoms with Crippen molar-refractivity contribution >= 4 is 5.97 Å². The lowest BCUT2D eigenvalue weighted by Crippen LogP contribution is -2.17. The van der Waals surface area contributed by atoms with Gasteiger partial charge in [0.2, 0.25) is 0 Å². The van der Waals surface area contributed by atoms with Crippen LogP contribution in [0.2, 0.25) is 0 Å². The Bertz CT molecular complexity index is 1070. The molecule has 1 N–H and O–H groups in total. The molecular formula is C21H15F6NO3. The van der Waals surface area contributed by atoms with Crippen LogP contribution < -0.4 is 4.74 Å². The number of ether oxygens (including phenoxy) is 2. The van der Waals surface area contributed by atoms with E-state index in [1.54, 1.807) is 6.92 Å². The van der Waals surface area contributed by atoms with Crippen molar-refractivity contribution in [2.75, 3.05) is 6.61 Å². The summed E-state index contributed by atoms with van der Waals surface area (Å²) in [5.41, 5.74) is -0.533. The first-order chi connectivity index (χ1) is 14.5. The smallest absolute Gasteiger partial charge is 0.462 e. The molecule has 1 aromatic heterocycles. The number of para-hydroxylation sites is 1. The third kappa shape index (κ3) is 5.19. The van der Waals surface area contributed by atoms with Crippen molar-refractivity contribution in [3.05, 3.63) is 65.7 Å². The van der Waals surface area contributed by atoms with E-state index in [1.807, 2.05) is 0 Å². The zero-order chi connectivity index (χ0) is 22.8. The normalized spacial score (nSPS) is 12.0. The van der Waals surface area contributed by atoms with Crippen LogP contribution >= 0.6 is 0 Å². The largest absolute Gasteiger partial charge is 0.573 e. The van der Waals surface area contributed by atoms with Gasteiger partial charge in [0.05, 0.1) is 23.4 Å². The first kappa shape index (κ1) is 22.3. The molecule has 4 nitrogen and oxygen atoms in total. The van der Waals surface area contributed by atoms with Crippen molar-refractivity contribution < 1.29 is 40.6 Å². The second-order valence-electron chi connectivity index (χ2n) is 6.31. The Morgan fingerprint density at radius 3 is 2.19 bits per heavy atom. The van der Waals surface area contributed by atoms with Crippen LogP contribution in [0, 0.1) is 0 Å². The van der Waals surface area contributed by atoms with E-state index in [0.717, 1.165) is 18.2 Å². The van der Waals surface area contributed by atoms with Crippen molar-refractivity contribution in [1.82, 2.24) is 4.98 Å². The van der Waals surface area contributed by atoms with Gasteiger partial charge in [-0.25, -0.2) is 4.79 Å². The predicted octanol–water partition coefficient (Wildman–Crippen LogP) is 6.44. The molecule has 31 heavy (non-hydrogen) atoms. The lowest BCUT2D eigenvalue weighted by molar-refractivity contribution is -0.274. The maximum atomic E-state index is 12.8. The second kappa shape index (κ2) is 8.37. The van der Waals surface area contributed by atoms with Crippen LogP contribution in [0.4, 0.5) is 26.3 Å². The molecule has 0 saturated carbocycles. The molecule has 0 aliphatic heterocycles. The average molecular weight is 443 g/mol. The van der Waals surface area contributed by atoms with Gasteiger partial charge in [0, 0.05) is 11.3 Å². The number of carbonyl (C=O) groups is 1. The highest BCUT2D eigenvalue weighted by atomic mass is 19.4. The van der Waals surface area contributed by atoms with Gasteiger partial charge in [-0.15, -0.1) is 13.2 Å². The number of nitrogens with one attached hydrogen (secondary N) is 1. The maximum absolute atomic E-state index is 12.8. The summed E-state index contributed by atoms with van der Waals surface area (Å²) in [6.45, 7) is 1.57. The fourth-order valence-corrected chi connectivity index (χ4v) is 2.92. The van der Waals surface area contributed by atoms with Crippen LogP contribution in [0.5, 0.6) is 5.75 Å². The minimum absolute atomic E-state index is 0.0137. The van der Waals surface area contributed by atoms with Gasteiger partial charge in [-0.3, -0.25) is 0 Å². The molecule has 0 spiro atoms. The minimum atomic E-state index is -4.97. The topological polar surface area (TPSA) is 51.3 Å².